The largest absolute Gasteiger partial charge is 0.493 e. The molecule has 0 bridgehead atoms. The number of rotatable bonds is 11. The molecule has 0 saturated heterocycles. The van der Waals surface area contributed by atoms with Crippen LogP contribution in [0, 0.1) is 0 Å². The Hall–Kier alpha value is -3.42. The van der Waals surface area contributed by atoms with Crippen LogP contribution in [0.2, 0.25) is 0 Å². The van der Waals surface area contributed by atoms with E-state index in [0.717, 1.165) is 11.1 Å². The molecular weight excluding hydrogens is 376 g/mol. The zero-order valence-electron chi connectivity index (χ0n) is 17.1. The lowest BCUT2D eigenvalue weighted by atomic mass is 10.2. The maximum atomic E-state index is 11.4. The number of hydrogen-bond acceptors (Lipinski definition) is 8. The Balaban J connectivity index is 1.94. The van der Waals surface area contributed by atoms with E-state index in [9.17, 15) is 4.79 Å². The van der Waals surface area contributed by atoms with Crippen molar-refractivity contribution in [2.75, 3.05) is 34.5 Å². The molecule has 8 heteroatoms. The van der Waals surface area contributed by atoms with Gasteiger partial charge in [0.2, 0.25) is 0 Å². The van der Waals surface area contributed by atoms with Crippen LogP contribution >= 0.6 is 0 Å². The lowest BCUT2D eigenvalue weighted by molar-refractivity contribution is -0.145. The van der Waals surface area contributed by atoms with Crippen LogP contribution in [0.15, 0.2) is 41.5 Å². The second-order valence-electron chi connectivity index (χ2n) is 5.79. The van der Waals surface area contributed by atoms with Crippen molar-refractivity contribution in [3.05, 3.63) is 47.5 Å². The van der Waals surface area contributed by atoms with Crippen molar-refractivity contribution in [1.82, 2.24) is 5.43 Å². The van der Waals surface area contributed by atoms with Gasteiger partial charge in [-0.1, -0.05) is 6.07 Å². The molecular formula is C21H26N2O6. The molecule has 0 atom stereocenters. The molecule has 8 nitrogen and oxygen atoms in total. The standard InChI is InChI=1S/C21H26N2O6/c1-5-28-21(24)14-29-18-9-7-16(11-20(18)27-4)13-23-22-12-15-6-8-17(25-2)19(10-15)26-3/h6-11,13,22H,5,12,14H2,1-4H3/b23-13-. The van der Waals surface area contributed by atoms with E-state index in [4.69, 9.17) is 23.7 Å². The number of nitrogens with one attached hydrogen (secondary N) is 1. The summed E-state index contributed by atoms with van der Waals surface area (Å²) in [5.74, 6) is 1.87. The van der Waals surface area contributed by atoms with Crippen molar-refractivity contribution in [1.29, 1.82) is 0 Å². The lowest BCUT2D eigenvalue weighted by Gasteiger charge is -2.11. The van der Waals surface area contributed by atoms with Gasteiger partial charge in [0, 0.05) is 0 Å². The first-order valence-corrected chi connectivity index (χ1v) is 9.04. The number of esters is 1. The van der Waals surface area contributed by atoms with Crippen molar-refractivity contribution in [2.24, 2.45) is 5.10 Å². The Morgan fingerprint density at radius 1 is 0.966 bits per heavy atom. The molecule has 0 amide bonds. The maximum Gasteiger partial charge on any atom is 0.344 e. The minimum Gasteiger partial charge on any atom is -0.493 e. The van der Waals surface area contributed by atoms with Gasteiger partial charge < -0.3 is 29.1 Å². The molecule has 29 heavy (non-hydrogen) atoms. The first kappa shape index (κ1) is 21.9. The van der Waals surface area contributed by atoms with Crippen LogP contribution in [-0.4, -0.2) is 46.7 Å². The zero-order valence-corrected chi connectivity index (χ0v) is 17.1. The van der Waals surface area contributed by atoms with Crippen LogP contribution in [-0.2, 0) is 16.1 Å². The summed E-state index contributed by atoms with van der Waals surface area (Å²) >= 11 is 0. The highest BCUT2D eigenvalue weighted by atomic mass is 16.6. The summed E-state index contributed by atoms with van der Waals surface area (Å²) < 4.78 is 26.1. The van der Waals surface area contributed by atoms with E-state index in [0.29, 0.717) is 36.1 Å². The van der Waals surface area contributed by atoms with Gasteiger partial charge in [-0.05, 0) is 48.4 Å². The SMILES string of the molecule is CCOC(=O)COc1ccc(/C=N\NCc2ccc(OC)c(OC)c2)cc1OC. The summed E-state index contributed by atoms with van der Waals surface area (Å²) in [7, 11) is 4.73. The highest BCUT2D eigenvalue weighted by Crippen LogP contribution is 2.28. The summed E-state index contributed by atoms with van der Waals surface area (Å²) in [4.78, 5) is 11.4. The van der Waals surface area contributed by atoms with Gasteiger partial charge in [-0.2, -0.15) is 5.10 Å². The zero-order chi connectivity index (χ0) is 21.1. The third kappa shape index (κ3) is 6.60. The van der Waals surface area contributed by atoms with Gasteiger partial charge in [0.1, 0.15) is 0 Å². The Morgan fingerprint density at radius 3 is 2.34 bits per heavy atom. The third-order valence-electron chi connectivity index (χ3n) is 3.87. The average Bonchev–Trinajstić information content (AvgIpc) is 2.75. The van der Waals surface area contributed by atoms with E-state index >= 15 is 0 Å². The number of benzene rings is 2. The quantitative estimate of drug-likeness (QED) is 0.351. The molecule has 2 rings (SSSR count). The Kier molecular flexibility index (Phi) is 8.62. The second kappa shape index (κ2) is 11.4. The molecule has 0 aliphatic heterocycles. The molecule has 2 aromatic carbocycles. The number of hydrazone groups is 1. The normalized spacial score (nSPS) is 10.5. The smallest absolute Gasteiger partial charge is 0.344 e. The average molecular weight is 402 g/mol. The molecule has 2 aromatic rings. The Morgan fingerprint density at radius 2 is 1.66 bits per heavy atom. The molecule has 1 N–H and O–H groups in total. The topological polar surface area (TPSA) is 87.6 Å². The lowest BCUT2D eigenvalue weighted by Crippen LogP contribution is -2.14. The first-order valence-electron chi connectivity index (χ1n) is 9.04. The van der Waals surface area contributed by atoms with E-state index < -0.39 is 5.97 Å². The van der Waals surface area contributed by atoms with Gasteiger partial charge in [0.25, 0.3) is 0 Å². The predicted octanol–water partition coefficient (Wildman–Crippen LogP) is 2.78. The molecule has 0 fully saturated rings. The molecule has 0 heterocycles. The maximum absolute atomic E-state index is 11.4. The number of hydrogen-bond donors (Lipinski definition) is 1. The van der Waals surface area contributed by atoms with Crippen LogP contribution < -0.4 is 24.4 Å². The number of nitrogens with zero attached hydrogens (tertiary/aromatic N) is 1. The van der Waals surface area contributed by atoms with Crippen LogP contribution in [0.25, 0.3) is 0 Å². The summed E-state index contributed by atoms with van der Waals surface area (Å²) in [6.45, 7) is 2.40. The summed E-state index contributed by atoms with van der Waals surface area (Å²) in [5.41, 5.74) is 4.80. The van der Waals surface area contributed by atoms with E-state index in [2.05, 4.69) is 10.5 Å². The predicted molar refractivity (Wildman–Crippen MR) is 109 cm³/mol. The molecule has 0 spiro atoms. The van der Waals surface area contributed by atoms with Crippen LogP contribution in [0.5, 0.6) is 23.0 Å². The Labute approximate surface area is 170 Å². The van der Waals surface area contributed by atoms with Crippen LogP contribution in [0.1, 0.15) is 18.1 Å². The molecule has 0 aliphatic rings. The Bertz CT molecular complexity index is 838. The van der Waals surface area contributed by atoms with Gasteiger partial charge >= 0.3 is 5.97 Å². The summed E-state index contributed by atoms with van der Waals surface area (Å²) in [5, 5.41) is 4.22. The van der Waals surface area contributed by atoms with Crippen LogP contribution in [0.4, 0.5) is 0 Å². The number of carbonyl (C=O) groups is 1. The van der Waals surface area contributed by atoms with Crippen molar-refractivity contribution in [3.63, 3.8) is 0 Å². The van der Waals surface area contributed by atoms with Gasteiger partial charge in [-0.15, -0.1) is 0 Å². The van der Waals surface area contributed by atoms with E-state index in [1.54, 1.807) is 39.5 Å². The van der Waals surface area contributed by atoms with Crippen molar-refractivity contribution >= 4 is 12.2 Å². The number of methoxy groups -OCH3 is 3. The molecule has 0 aliphatic carbocycles. The minimum absolute atomic E-state index is 0.176. The van der Waals surface area contributed by atoms with Gasteiger partial charge in [0.15, 0.2) is 29.6 Å². The summed E-state index contributed by atoms with van der Waals surface area (Å²) in [6, 6.07) is 11.0. The first-order chi connectivity index (χ1) is 14.1. The molecule has 0 aromatic heterocycles. The highest BCUT2D eigenvalue weighted by Gasteiger charge is 2.09. The van der Waals surface area contributed by atoms with E-state index in [-0.39, 0.29) is 6.61 Å². The van der Waals surface area contributed by atoms with Crippen molar-refractivity contribution < 1.29 is 28.5 Å². The van der Waals surface area contributed by atoms with Gasteiger partial charge in [0.05, 0.1) is 40.7 Å². The molecule has 0 unspecified atom stereocenters. The molecule has 0 saturated carbocycles. The number of carbonyl (C=O) groups excluding carboxylic acids is 1. The van der Waals surface area contributed by atoms with Crippen molar-refractivity contribution in [2.45, 2.75) is 13.5 Å². The highest BCUT2D eigenvalue weighted by molar-refractivity contribution is 5.80. The van der Waals surface area contributed by atoms with Crippen LogP contribution in [0.3, 0.4) is 0 Å². The fourth-order valence-corrected chi connectivity index (χ4v) is 2.47. The minimum atomic E-state index is -0.431. The van der Waals surface area contributed by atoms with E-state index in [1.165, 1.54) is 7.11 Å². The fraction of sp³-hybridized carbons (Fsp3) is 0.333. The van der Waals surface area contributed by atoms with Gasteiger partial charge in [-0.3, -0.25) is 0 Å². The van der Waals surface area contributed by atoms with Crippen molar-refractivity contribution in [3.8, 4) is 23.0 Å². The van der Waals surface area contributed by atoms with Gasteiger partial charge in [-0.25, -0.2) is 4.79 Å². The second-order valence-corrected chi connectivity index (χ2v) is 5.79. The summed E-state index contributed by atoms with van der Waals surface area (Å²) in [6.07, 6.45) is 1.67. The molecule has 156 valence electrons. The van der Waals surface area contributed by atoms with E-state index in [1.807, 2.05) is 24.3 Å². The monoisotopic (exact) mass is 402 g/mol. The fourth-order valence-electron chi connectivity index (χ4n) is 2.47. The number of ether oxygens (including phenoxy) is 5. The molecule has 0 radical (unpaired) electrons. The third-order valence-corrected chi connectivity index (χ3v) is 3.87.